The molecule has 2 aliphatic heterocycles. The number of fused-ring (bicyclic) bond motifs is 8. The van der Waals surface area contributed by atoms with E-state index in [9.17, 15) is 39.6 Å². The smallest absolute Gasteiger partial charge is 0.312 e. The molecule has 0 amide bonds. The van der Waals surface area contributed by atoms with Gasteiger partial charge in [0.2, 0.25) is 0 Å². The summed E-state index contributed by atoms with van der Waals surface area (Å²) in [7, 11) is 0. The van der Waals surface area contributed by atoms with Crippen molar-refractivity contribution in [2.24, 2.45) is 0 Å². The average Bonchev–Trinajstić information content (AvgIpc) is 4.19. The number of hydrogen-bond acceptors (Lipinski definition) is 10. The molecule has 346 valence electrons. The molecule has 7 aromatic rings. The number of carbonyl (C=O) groups is 4. The number of carboxylic acid groups (broad SMARTS) is 4. The zero-order valence-electron chi connectivity index (χ0n) is 37.4. The molecule has 9 heterocycles. The van der Waals surface area contributed by atoms with E-state index >= 15 is 0 Å². The van der Waals surface area contributed by atoms with Crippen molar-refractivity contribution >= 4 is 87.2 Å². The summed E-state index contributed by atoms with van der Waals surface area (Å²) < 4.78 is 0. The van der Waals surface area contributed by atoms with E-state index in [2.05, 4.69) is 29.9 Å². The summed E-state index contributed by atoms with van der Waals surface area (Å²) in [4.78, 5) is 84.1. The Hall–Kier alpha value is -8.44. The summed E-state index contributed by atoms with van der Waals surface area (Å²) in [6, 6.07) is 21.5. The molecule has 16 nitrogen and oxygen atoms in total. The molecular weight excluding hydrogens is 945 g/mol. The second kappa shape index (κ2) is 19.0. The average molecular weight is 988 g/mol. The summed E-state index contributed by atoms with van der Waals surface area (Å²) in [5.74, 6) is -7.85. The van der Waals surface area contributed by atoms with Gasteiger partial charge in [0.15, 0.2) is 0 Å². The number of nitrogens with zero attached hydrogens (tertiary/aromatic N) is 6. The topological polar surface area (TPSA) is 258 Å². The fraction of sp³-hybridized carbons (Fsp3) is 0.154. The van der Waals surface area contributed by atoms with E-state index in [0.717, 1.165) is 0 Å². The third-order valence-electron chi connectivity index (χ3n) is 12.3. The largest absolute Gasteiger partial charge is 0.481 e. The van der Waals surface area contributed by atoms with Crippen molar-refractivity contribution in [2.45, 2.75) is 51.4 Å². The van der Waals surface area contributed by atoms with E-state index < -0.39 is 47.5 Å². The fourth-order valence-electron chi connectivity index (χ4n) is 8.29. The highest BCUT2D eigenvalue weighted by Crippen LogP contribution is 2.40. The quantitative estimate of drug-likeness (QED) is 0.0666. The highest BCUT2D eigenvalue weighted by molar-refractivity contribution is 8.93. The van der Waals surface area contributed by atoms with Gasteiger partial charge >= 0.3 is 23.9 Å². The lowest BCUT2D eigenvalue weighted by atomic mass is 10.00. The van der Waals surface area contributed by atoms with Gasteiger partial charge in [0.05, 0.1) is 69.2 Å². The van der Waals surface area contributed by atoms with Gasteiger partial charge in [-0.2, -0.15) is 0 Å². The third-order valence-corrected chi connectivity index (χ3v) is 12.3. The van der Waals surface area contributed by atoms with Crippen LogP contribution in [0.2, 0.25) is 0 Å². The number of halogens is 1. The van der Waals surface area contributed by atoms with Crippen LogP contribution < -0.4 is 0 Å². The van der Waals surface area contributed by atoms with Gasteiger partial charge < -0.3 is 30.4 Å². The molecule has 0 saturated carbocycles. The highest BCUT2D eigenvalue weighted by atomic mass is 79.9. The van der Waals surface area contributed by atoms with Crippen LogP contribution in [-0.4, -0.2) is 84.2 Å². The van der Waals surface area contributed by atoms with Crippen molar-refractivity contribution in [1.29, 1.82) is 0 Å². The minimum atomic E-state index is -1.04. The van der Waals surface area contributed by atoms with Crippen LogP contribution in [0.15, 0.2) is 97.6 Å². The molecule has 0 fully saturated rings. The Balaban J connectivity index is 0.00000642. The van der Waals surface area contributed by atoms with Crippen LogP contribution in [0.1, 0.15) is 96.9 Å². The molecule has 69 heavy (non-hydrogen) atoms. The van der Waals surface area contributed by atoms with Crippen LogP contribution in [-0.2, 0) is 19.2 Å². The molecule has 0 aliphatic carbocycles. The Kier molecular flexibility index (Phi) is 13.0. The summed E-state index contributed by atoms with van der Waals surface area (Å²) in [5.41, 5.74) is 10.7. The monoisotopic (exact) mass is 986 g/mol. The lowest BCUT2D eigenvalue weighted by Crippen LogP contribution is -2.09. The van der Waals surface area contributed by atoms with Crippen LogP contribution >= 0.6 is 17.0 Å². The molecule has 7 aromatic heterocycles. The van der Waals surface area contributed by atoms with E-state index in [1.54, 1.807) is 101 Å². The minimum Gasteiger partial charge on any atom is -0.481 e. The Morgan fingerprint density at radius 3 is 0.812 bits per heavy atom. The Morgan fingerprint density at radius 1 is 0.391 bits per heavy atom. The number of nitrogens with one attached hydrogen (secondary N) is 2. The van der Waals surface area contributed by atoms with Gasteiger partial charge in [-0.25, -0.2) is 9.97 Å². The summed E-state index contributed by atoms with van der Waals surface area (Å²) in [6.07, 6.45) is 13.6. The van der Waals surface area contributed by atoms with Gasteiger partial charge in [-0.3, -0.25) is 39.1 Å². The number of pyridine rings is 4. The van der Waals surface area contributed by atoms with E-state index in [0.29, 0.717) is 112 Å². The summed E-state index contributed by atoms with van der Waals surface area (Å²) in [5, 5.41) is 39.9. The zero-order chi connectivity index (χ0) is 48.0. The standard InChI is InChI=1S/C52H42N8O8.BrH/c1-25(49(61)62)41-21-29(13-17-53-41)45-33-5-7-35(57-33)46(30-14-18-54-42(22-30)26(2)50(63)64)37-9-11-39(59-37)48(32-16-20-56-44(24-32)28(4)52(67)68)40-12-10-38(60-40)47(36-8-6-34(45)58-36)31-15-19-55-43(23-31)27(3)51(65)66;/h5-28,57,60H,1-4H3,(H,61,62)(H,63,64)(H,65,66)(H,67,68);1H. The van der Waals surface area contributed by atoms with E-state index in [1.165, 1.54) is 0 Å². The Bertz CT molecular complexity index is 3040. The first-order valence-corrected chi connectivity index (χ1v) is 21.6. The second-order valence-electron chi connectivity index (χ2n) is 16.6. The first-order valence-electron chi connectivity index (χ1n) is 21.6. The van der Waals surface area contributed by atoms with Gasteiger partial charge in [0.1, 0.15) is 0 Å². The molecule has 17 heteroatoms. The SMILES string of the molecule is Br.CC(C(=O)O)c1cc(-c2c3nc(c(-c4ccnc(C(C)C(=O)O)c4)c4ccc([nH]4)c(-c4ccnc(C(C)C(=O)O)c4)c4nc(c(-c5ccnc(C(C)C(=O)O)c5)c5ccc2[nH]5)C=C4)C=C3)ccn1. The van der Waals surface area contributed by atoms with Crippen molar-refractivity contribution in [1.82, 2.24) is 39.9 Å². The lowest BCUT2D eigenvalue weighted by molar-refractivity contribution is -0.139. The van der Waals surface area contributed by atoms with Crippen molar-refractivity contribution in [3.8, 4) is 44.5 Å². The molecule has 4 unspecified atom stereocenters. The van der Waals surface area contributed by atoms with Crippen molar-refractivity contribution in [3.05, 3.63) is 143 Å². The molecule has 0 spiro atoms. The molecule has 4 atom stereocenters. The van der Waals surface area contributed by atoms with Crippen molar-refractivity contribution < 1.29 is 39.6 Å². The number of aliphatic carboxylic acids is 4. The highest BCUT2D eigenvalue weighted by Gasteiger charge is 2.24. The number of H-pyrrole nitrogens is 2. The number of hydrogen-bond donors (Lipinski definition) is 6. The molecule has 0 radical (unpaired) electrons. The first-order chi connectivity index (χ1) is 32.7. The van der Waals surface area contributed by atoms with E-state index in [4.69, 9.17) is 9.97 Å². The van der Waals surface area contributed by atoms with Crippen molar-refractivity contribution in [2.75, 3.05) is 0 Å². The molecule has 9 rings (SSSR count). The predicted molar refractivity (Wildman–Crippen MR) is 266 cm³/mol. The van der Waals surface area contributed by atoms with Crippen LogP contribution in [0.25, 0.3) is 90.9 Å². The molecular formula is C52H43BrN8O8. The molecule has 6 N–H and O–H groups in total. The Morgan fingerprint density at radius 2 is 0.609 bits per heavy atom. The second-order valence-corrected chi connectivity index (χ2v) is 16.6. The van der Waals surface area contributed by atoms with Crippen LogP contribution in [0.3, 0.4) is 0 Å². The van der Waals surface area contributed by atoms with E-state index in [1.807, 2.05) is 48.6 Å². The molecule has 0 aromatic carbocycles. The Labute approximate surface area is 404 Å². The normalized spacial score (nSPS) is 13.5. The number of carboxylic acids is 4. The molecule has 2 aliphatic rings. The van der Waals surface area contributed by atoms with Crippen LogP contribution in [0.4, 0.5) is 0 Å². The predicted octanol–water partition coefficient (Wildman–Crippen LogP) is 10.2. The van der Waals surface area contributed by atoms with Gasteiger partial charge in [-0.15, -0.1) is 17.0 Å². The lowest BCUT2D eigenvalue weighted by Gasteiger charge is -2.11. The van der Waals surface area contributed by atoms with Crippen molar-refractivity contribution in [3.63, 3.8) is 0 Å². The maximum Gasteiger partial charge on any atom is 0.312 e. The number of rotatable bonds is 12. The van der Waals surface area contributed by atoms with Gasteiger partial charge in [0.25, 0.3) is 0 Å². The van der Waals surface area contributed by atoms with Crippen LogP contribution in [0, 0.1) is 0 Å². The van der Waals surface area contributed by atoms with Gasteiger partial charge in [-0.1, -0.05) is 0 Å². The molecule has 8 bridgehead atoms. The maximum atomic E-state index is 12.2. The number of aromatic nitrogens is 8. The number of aromatic amines is 2. The van der Waals surface area contributed by atoms with Gasteiger partial charge in [0, 0.05) is 69.1 Å². The molecule has 0 saturated heterocycles. The third kappa shape index (κ3) is 9.06. The summed E-state index contributed by atoms with van der Waals surface area (Å²) in [6.45, 7) is 6.25. The first kappa shape index (κ1) is 47.1. The fourth-order valence-corrected chi connectivity index (χ4v) is 8.29. The minimum absolute atomic E-state index is 0. The van der Waals surface area contributed by atoms with Crippen LogP contribution in [0.5, 0.6) is 0 Å². The maximum absolute atomic E-state index is 12.2. The zero-order valence-corrected chi connectivity index (χ0v) is 39.1. The van der Waals surface area contributed by atoms with Gasteiger partial charge in [-0.05, 0) is 147 Å². The van der Waals surface area contributed by atoms with E-state index in [-0.39, 0.29) is 17.0 Å². The summed E-state index contributed by atoms with van der Waals surface area (Å²) >= 11 is 0.